The molecule has 0 aromatic carbocycles. The first kappa shape index (κ1) is 13.4. The minimum absolute atomic E-state index is 0.244. The predicted molar refractivity (Wildman–Crippen MR) is 60.1 cm³/mol. The van der Waals surface area contributed by atoms with Crippen molar-refractivity contribution in [3.63, 3.8) is 0 Å². The van der Waals surface area contributed by atoms with Gasteiger partial charge in [0.2, 0.25) is 5.16 Å². The van der Waals surface area contributed by atoms with E-state index >= 15 is 0 Å². The number of hydrogen-bond acceptors (Lipinski definition) is 7. The smallest absolute Gasteiger partial charge is 0.209 e. The van der Waals surface area contributed by atoms with Gasteiger partial charge >= 0.3 is 0 Å². The molecule has 1 aromatic rings. The van der Waals surface area contributed by atoms with Gasteiger partial charge in [-0.1, -0.05) is 11.8 Å². The Balaban J connectivity index is 2.32. The van der Waals surface area contributed by atoms with E-state index in [-0.39, 0.29) is 6.79 Å². The number of thioether (sulfide) groups is 1. The summed E-state index contributed by atoms with van der Waals surface area (Å²) >= 11 is 1.52. The quantitative estimate of drug-likeness (QED) is 0.369. The molecule has 92 valence electrons. The molecule has 0 atom stereocenters. The van der Waals surface area contributed by atoms with Crippen molar-refractivity contribution in [1.29, 1.82) is 0 Å². The number of hydrogen-bond donors (Lipinski definition) is 1. The molecule has 0 bridgehead atoms. The van der Waals surface area contributed by atoms with E-state index in [2.05, 4.69) is 20.4 Å². The average Bonchev–Trinajstić information content (AvgIpc) is 2.69. The minimum atomic E-state index is -0.244. The summed E-state index contributed by atoms with van der Waals surface area (Å²) in [5.41, 5.74) is 0. The highest BCUT2D eigenvalue weighted by molar-refractivity contribution is 7.99. The average molecular weight is 247 g/mol. The molecule has 16 heavy (non-hydrogen) atoms. The number of likely N-dealkylation sites (N-methyl/N-ethyl adjacent to an activating group) is 1. The highest BCUT2D eigenvalue weighted by Crippen LogP contribution is 2.12. The zero-order valence-electron chi connectivity index (χ0n) is 9.54. The standard InChI is InChI=1S/C8H17N5O2S/c1-12(2)3-4-13-8(9-10-11-13)16-6-5-15-7-14/h14H,3-7H2,1-2H3. The van der Waals surface area contributed by atoms with Gasteiger partial charge in [-0.25, -0.2) is 4.68 Å². The molecule has 0 radical (unpaired) electrons. The Hall–Kier alpha value is -0.700. The van der Waals surface area contributed by atoms with Crippen molar-refractivity contribution >= 4 is 11.8 Å². The number of rotatable bonds is 8. The van der Waals surface area contributed by atoms with Crippen molar-refractivity contribution in [3.05, 3.63) is 0 Å². The van der Waals surface area contributed by atoms with E-state index in [0.29, 0.717) is 6.61 Å². The largest absolute Gasteiger partial charge is 0.371 e. The van der Waals surface area contributed by atoms with Crippen LogP contribution in [-0.2, 0) is 11.3 Å². The van der Waals surface area contributed by atoms with E-state index in [0.717, 1.165) is 24.0 Å². The zero-order valence-corrected chi connectivity index (χ0v) is 10.4. The van der Waals surface area contributed by atoms with Crippen molar-refractivity contribution in [2.24, 2.45) is 0 Å². The Morgan fingerprint density at radius 3 is 3.00 bits per heavy atom. The van der Waals surface area contributed by atoms with Crippen LogP contribution >= 0.6 is 11.8 Å². The van der Waals surface area contributed by atoms with Crippen molar-refractivity contribution in [2.45, 2.75) is 11.7 Å². The summed E-state index contributed by atoms with van der Waals surface area (Å²) in [6.45, 7) is 1.91. The Kier molecular flexibility index (Phi) is 6.31. The summed E-state index contributed by atoms with van der Waals surface area (Å²) in [7, 11) is 4.01. The molecule has 0 aliphatic carbocycles. The van der Waals surface area contributed by atoms with Gasteiger partial charge in [-0.15, -0.1) is 5.10 Å². The Labute approximate surface area is 98.8 Å². The van der Waals surface area contributed by atoms with E-state index in [1.807, 2.05) is 14.1 Å². The number of ether oxygens (including phenoxy) is 1. The first-order valence-corrected chi connectivity index (χ1v) is 5.95. The third kappa shape index (κ3) is 4.88. The molecular formula is C8H17N5O2S. The first-order chi connectivity index (χ1) is 7.74. The zero-order chi connectivity index (χ0) is 11.8. The molecule has 1 heterocycles. The van der Waals surface area contributed by atoms with Crippen molar-refractivity contribution in [1.82, 2.24) is 25.1 Å². The maximum atomic E-state index is 8.44. The van der Waals surface area contributed by atoms with Gasteiger partial charge in [0, 0.05) is 12.3 Å². The molecule has 0 unspecified atom stereocenters. The number of aliphatic hydroxyl groups excluding tert-OH is 1. The molecule has 0 saturated carbocycles. The summed E-state index contributed by atoms with van der Waals surface area (Å²) in [5, 5.41) is 20.7. The van der Waals surface area contributed by atoms with Crippen LogP contribution in [0, 0.1) is 0 Å². The lowest BCUT2D eigenvalue weighted by molar-refractivity contribution is 0.00669. The van der Waals surface area contributed by atoms with Crippen molar-refractivity contribution < 1.29 is 9.84 Å². The highest BCUT2D eigenvalue weighted by Gasteiger charge is 2.06. The van der Waals surface area contributed by atoms with Gasteiger partial charge in [0.15, 0.2) is 0 Å². The SMILES string of the molecule is CN(C)CCn1nnnc1SCCOCO. The highest BCUT2D eigenvalue weighted by atomic mass is 32.2. The lowest BCUT2D eigenvalue weighted by Crippen LogP contribution is -2.19. The van der Waals surface area contributed by atoms with Crippen LogP contribution in [0.25, 0.3) is 0 Å². The van der Waals surface area contributed by atoms with Crippen LogP contribution in [0.15, 0.2) is 5.16 Å². The molecule has 1 aromatic heterocycles. The molecule has 0 aliphatic heterocycles. The maximum absolute atomic E-state index is 8.44. The maximum Gasteiger partial charge on any atom is 0.209 e. The number of tetrazole rings is 1. The molecule has 0 saturated heterocycles. The lowest BCUT2D eigenvalue weighted by atomic mass is 10.6. The Morgan fingerprint density at radius 1 is 1.50 bits per heavy atom. The van der Waals surface area contributed by atoms with Crippen LogP contribution < -0.4 is 0 Å². The molecule has 0 fully saturated rings. The van der Waals surface area contributed by atoms with Crippen LogP contribution in [0.5, 0.6) is 0 Å². The van der Waals surface area contributed by atoms with Gasteiger partial charge in [0.05, 0.1) is 13.2 Å². The van der Waals surface area contributed by atoms with Crippen molar-refractivity contribution in [3.8, 4) is 0 Å². The van der Waals surface area contributed by atoms with Crippen LogP contribution in [0.1, 0.15) is 0 Å². The van der Waals surface area contributed by atoms with Gasteiger partial charge in [0.25, 0.3) is 0 Å². The van der Waals surface area contributed by atoms with Crippen LogP contribution in [0.2, 0.25) is 0 Å². The van der Waals surface area contributed by atoms with Crippen molar-refractivity contribution in [2.75, 3.05) is 39.8 Å². The van der Waals surface area contributed by atoms with Gasteiger partial charge in [-0.05, 0) is 24.5 Å². The van der Waals surface area contributed by atoms with E-state index in [9.17, 15) is 0 Å². The van der Waals surface area contributed by atoms with Crippen LogP contribution in [-0.4, -0.2) is 70.0 Å². The molecule has 8 heteroatoms. The molecule has 0 amide bonds. The first-order valence-electron chi connectivity index (χ1n) is 4.96. The second-order valence-electron chi connectivity index (χ2n) is 3.37. The van der Waals surface area contributed by atoms with Crippen LogP contribution in [0.3, 0.4) is 0 Å². The summed E-state index contributed by atoms with van der Waals surface area (Å²) in [5.74, 6) is 0.725. The van der Waals surface area contributed by atoms with E-state index in [4.69, 9.17) is 9.84 Å². The van der Waals surface area contributed by atoms with Gasteiger partial charge in [0.1, 0.15) is 6.79 Å². The number of aromatic nitrogens is 4. The fourth-order valence-corrected chi connectivity index (χ4v) is 1.75. The van der Waals surface area contributed by atoms with E-state index < -0.39 is 0 Å². The summed E-state index contributed by atoms with van der Waals surface area (Å²) in [4.78, 5) is 2.07. The number of nitrogens with zero attached hydrogens (tertiary/aromatic N) is 5. The lowest BCUT2D eigenvalue weighted by Gasteiger charge is -2.09. The fourth-order valence-electron chi connectivity index (χ4n) is 0.991. The van der Waals surface area contributed by atoms with Crippen LogP contribution in [0.4, 0.5) is 0 Å². The Morgan fingerprint density at radius 2 is 2.31 bits per heavy atom. The third-order valence-corrected chi connectivity index (χ3v) is 2.73. The number of aliphatic hydroxyl groups is 1. The molecule has 1 rings (SSSR count). The van der Waals surface area contributed by atoms with Gasteiger partial charge in [-0.3, -0.25) is 0 Å². The molecule has 1 N–H and O–H groups in total. The third-order valence-electron chi connectivity index (χ3n) is 1.81. The monoisotopic (exact) mass is 247 g/mol. The molecular weight excluding hydrogens is 230 g/mol. The molecule has 0 spiro atoms. The van der Waals surface area contributed by atoms with Gasteiger partial charge in [-0.2, -0.15) is 0 Å². The minimum Gasteiger partial charge on any atom is -0.371 e. The topological polar surface area (TPSA) is 76.3 Å². The summed E-state index contributed by atoms with van der Waals surface area (Å²) in [6.07, 6.45) is 0. The molecule has 7 nitrogen and oxygen atoms in total. The second-order valence-corrected chi connectivity index (χ2v) is 4.44. The van der Waals surface area contributed by atoms with Gasteiger partial charge < -0.3 is 14.7 Å². The summed E-state index contributed by atoms with van der Waals surface area (Å²) in [6, 6.07) is 0. The predicted octanol–water partition coefficient (Wildman–Crippen LogP) is -0.707. The van der Waals surface area contributed by atoms with E-state index in [1.54, 1.807) is 4.68 Å². The normalized spacial score (nSPS) is 11.2. The van der Waals surface area contributed by atoms with E-state index in [1.165, 1.54) is 11.8 Å². The Bertz CT molecular complexity index is 294. The summed E-state index contributed by atoms with van der Waals surface area (Å²) < 4.78 is 6.59. The molecule has 0 aliphatic rings. The fraction of sp³-hybridized carbons (Fsp3) is 0.875. The second kappa shape index (κ2) is 7.55.